The van der Waals surface area contributed by atoms with E-state index in [0.717, 1.165) is 0 Å². The number of H-pyrrole nitrogens is 1. The van der Waals surface area contributed by atoms with Gasteiger partial charge in [-0.1, -0.05) is 12.1 Å². The van der Waals surface area contributed by atoms with E-state index in [9.17, 15) is 38.2 Å². The highest BCUT2D eigenvalue weighted by Gasteiger charge is 2.54. The zero-order valence-corrected chi connectivity index (χ0v) is 23.9. The van der Waals surface area contributed by atoms with Crippen molar-refractivity contribution in [2.24, 2.45) is 0 Å². The molecule has 232 valence electrons. The molecular weight excluding hydrogens is 633 g/mol. The maximum Gasteiger partial charge on any atom is 0.490 e. The quantitative estimate of drug-likeness (QED) is 0.0844. The van der Waals surface area contributed by atoms with Gasteiger partial charge >= 0.3 is 29.4 Å². The number of aliphatic hydroxyl groups excluding tert-OH is 1. The molecule has 0 radical (unpaired) electrons. The summed E-state index contributed by atoms with van der Waals surface area (Å²) in [4.78, 5) is 71.1. The predicted octanol–water partition coefficient (Wildman–Crippen LogP) is -1.20. The summed E-state index contributed by atoms with van der Waals surface area (Å²) in [5, 5.41) is 11.1. The van der Waals surface area contributed by atoms with Gasteiger partial charge in [-0.3, -0.25) is 14.3 Å². The van der Waals surface area contributed by atoms with Crippen LogP contribution in [0, 0.1) is 0 Å². The van der Waals surface area contributed by atoms with Crippen LogP contribution in [0.2, 0.25) is 0 Å². The summed E-state index contributed by atoms with van der Waals surface area (Å²) < 4.78 is 58.6. The van der Waals surface area contributed by atoms with Crippen molar-refractivity contribution >= 4 is 52.6 Å². The van der Waals surface area contributed by atoms with Crippen LogP contribution in [-0.2, 0) is 36.3 Å². The number of nitrogens with two attached hydrogens (primary N) is 2. The number of phosphoric ester groups is 1. The highest BCUT2D eigenvalue weighted by Crippen LogP contribution is 2.67. The smallest absolute Gasteiger partial charge is 0.459 e. The zero-order valence-electron chi connectivity index (χ0n) is 21.2. The number of nitrogens with one attached hydrogen (secondary N) is 1. The van der Waals surface area contributed by atoms with Crippen LogP contribution in [0.15, 0.2) is 29.1 Å². The van der Waals surface area contributed by atoms with Crippen LogP contribution in [0.25, 0.3) is 0 Å². The van der Waals surface area contributed by atoms with E-state index in [1.54, 1.807) is 6.07 Å². The molecule has 2 aliphatic heterocycles. The third-order valence-corrected chi connectivity index (χ3v) is 9.60. The molecule has 1 fully saturated rings. The molecule has 0 bridgehead atoms. The number of rotatable bonds is 10. The number of benzene rings is 1. The summed E-state index contributed by atoms with van der Waals surface area (Å²) in [7, 11) is -15.9. The fourth-order valence-electron chi connectivity index (χ4n) is 4.20. The normalized spacial score (nSPS) is 25.1. The molecule has 2 unspecified atom stereocenters. The van der Waals surface area contributed by atoms with Crippen LogP contribution in [0.3, 0.4) is 0 Å². The van der Waals surface area contributed by atoms with Crippen LogP contribution < -0.4 is 26.8 Å². The van der Waals surface area contributed by atoms with Crippen LogP contribution >= 0.6 is 23.5 Å². The minimum Gasteiger partial charge on any atom is -0.459 e. The van der Waals surface area contributed by atoms with Gasteiger partial charge in [0.15, 0.2) is 12.0 Å². The predicted molar refractivity (Wildman–Crippen MR) is 140 cm³/mol. The van der Waals surface area contributed by atoms with Crippen LogP contribution in [0.4, 0.5) is 23.1 Å². The maximum absolute atomic E-state index is 12.6. The molecule has 10 N–H and O–H groups in total. The van der Waals surface area contributed by atoms with Gasteiger partial charge in [-0.15, -0.1) is 0 Å². The molecule has 42 heavy (non-hydrogen) atoms. The average molecular weight is 658 g/mol. The van der Waals surface area contributed by atoms with Crippen LogP contribution in [0.5, 0.6) is 0 Å². The van der Waals surface area contributed by atoms with Crippen LogP contribution in [0.1, 0.15) is 10.4 Å². The van der Waals surface area contributed by atoms with E-state index >= 15 is 0 Å². The molecule has 2 aliphatic rings. The van der Waals surface area contributed by atoms with Crippen molar-refractivity contribution in [1.29, 1.82) is 0 Å². The molecule has 21 nitrogen and oxygen atoms in total. The van der Waals surface area contributed by atoms with E-state index in [1.165, 1.54) is 35.0 Å². The standard InChI is InChI=1S/C18H25N6O15P3/c1-23-7-24(14-11(23)15(26)22-18(20)21-14)16-12(25)13(37-41(31,32)39-42(33,34)38-40(28,29)30)10(36-16)6-35-17(27)8-4-2-3-5-9(8)19/h2-5,10,12-13,16,25H,6-7,19H2,1H3,(H,31,32)(H,33,34)(H2,28,29,30)(H3,20,21,22,26)/t10-,12-,13-,16-/m1/s1. The number of aromatic nitrogens is 2. The molecule has 2 aromatic rings. The highest BCUT2D eigenvalue weighted by molar-refractivity contribution is 7.66. The van der Waals surface area contributed by atoms with Gasteiger partial charge in [0, 0.05) is 12.7 Å². The lowest BCUT2D eigenvalue weighted by atomic mass is 10.1. The van der Waals surface area contributed by atoms with E-state index in [1.807, 2.05) is 0 Å². The second-order valence-electron chi connectivity index (χ2n) is 8.83. The average Bonchev–Trinajstić information content (AvgIpc) is 3.31. The Balaban J connectivity index is 1.62. The van der Waals surface area contributed by atoms with E-state index in [0.29, 0.717) is 0 Å². The second kappa shape index (κ2) is 11.6. The lowest BCUT2D eigenvalue weighted by Crippen LogP contribution is -2.46. The van der Waals surface area contributed by atoms with E-state index < -0.39 is 66.1 Å². The minimum atomic E-state index is -5.91. The number of nitrogens with zero attached hydrogens (tertiary/aromatic N) is 3. The van der Waals surface area contributed by atoms with Gasteiger partial charge in [0.05, 0.1) is 12.2 Å². The zero-order chi connectivity index (χ0) is 31.2. The van der Waals surface area contributed by atoms with Gasteiger partial charge in [-0.2, -0.15) is 13.6 Å². The first-order valence-corrected chi connectivity index (χ1v) is 15.9. The third kappa shape index (κ3) is 7.17. The molecule has 3 heterocycles. The summed E-state index contributed by atoms with van der Waals surface area (Å²) in [5.74, 6) is -1.31. The summed E-state index contributed by atoms with van der Waals surface area (Å²) in [6.45, 7) is -0.895. The third-order valence-electron chi connectivity index (χ3n) is 5.76. The Kier molecular flexibility index (Phi) is 8.88. The number of fused-ring (bicyclic) bond motifs is 1. The number of anilines is 4. The number of esters is 1. The number of carbonyl (C=O) groups is 1. The molecule has 0 saturated carbocycles. The fraction of sp³-hybridized carbons (Fsp3) is 0.389. The topological polar surface area (TPSA) is 320 Å². The van der Waals surface area contributed by atoms with Crippen LogP contribution in [-0.4, -0.2) is 85.5 Å². The summed E-state index contributed by atoms with van der Waals surface area (Å²) in [5.41, 5.74) is 10.8. The summed E-state index contributed by atoms with van der Waals surface area (Å²) in [6, 6.07) is 5.82. The number of carbonyl (C=O) groups excluding carboxylic acids is 1. The van der Waals surface area contributed by atoms with E-state index in [2.05, 4.69) is 18.6 Å². The molecule has 1 aromatic heterocycles. The second-order valence-corrected chi connectivity index (χ2v) is 13.2. The summed E-state index contributed by atoms with van der Waals surface area (Å²) >= 11 is 0. The lowest BCUT2D eigenvalue weighted by molar-refractivity contribution is -0.0328. The Bertz CT molecular complexity index is 1570. The first-order chi connectivity index (χ1) is 19.4. The van der Waals surface area contributed by atoms with E-state index in [-0.39, 0.29) is 35.4 Å². The lowest BCUT2D eigenvalue weighted by Gasteiger charge is -2.28. The molecule has 24 heteroatoms. The number of hydrogen-bond acceptors (Lipinski definition) is 16. The number of ether oxygens (including phenoxy) is 2. The highest BCUT2D eigenvalue weighted by atomic mass is 31.3. The van der Waals surface area contributed by atoms with Crippen molar-refractivity contribution in [2.45, 2.75) is 24.5 Å². The summed E-state index contributed by atoms with van der Waals surface area (Å²) in [6.07, 6.45) is -7.04. The van der Waals surface area contributed by atoms with Crippen molar-refractivity contribution in [3.8, 4) is 0 Å². The first-order valence-electron chi connectivity index (χ1n) is 11.4. The molecular formula is C18H25N6O15P3. The SMILES string of the molecule is CN1CN([C@@H]2O[C@H](COC(=O)c3ccccc3N)[C@@H](OP(=O)(O)OP(=O)(O)OP(=O)(O)O)[C@H]2O)c2nc(N)[nH]c(=O)c21. The fourth-order valence-corrected chi connectivity index (χ4v) is 7.42. The Morgan fingerprint density at radius 2 is 1.81 bits per heavy atom. The van der Waals surface area contributed by atoms with Gasteiger partial charge in [-0.25, -0.2) is 18.5 Å². The number of aromatic amines is 1. The van der Waals surface area contributed by atoms with Gasteiger partial charge < -0.3 is 55.4 Å². The van der Waals surface area contributed by atoms with E-state index in [4.69, 9.17) is 35.3 Å². The minimum absolute atomic E-state index is 0.0267. The molecule has 1 aromatic carbocycles. The monoisotopic (exact) mass is 658 g/mol. The van der Waals surface area contributed by atoms with Crippen molar-refractivity contribution in [2.75, 3.05) is 41.6 Å². The number of hydrogen-bond donors (Lipinski definition) is 8. The number of para-hydroxylation sites is 1. The molecule has 4 rings (SSSR count). The first kappa shape index (κ1) is 32.0. The molecule has 0 amide bonds. The number of nitrogen functional groups attached to an aromatic ring is 2. The van der Waals surface area contributed by atoms with Crippen molar-refractivity contribution in [3.05, 3.63) is 40.2 Å². The molecule has 6 atom stereocenters. The number of phosphoric acid groups is 3. The largest absolute Gasteiger partial charge is 0.490 e. The van der Waals surface area contributed by atoms with Gasteiger partial charge in [-0.05, 0) is 12.1 Å². The Morgan fingerprint density at radius 1 is 1.14 bits per heavy atom. The van der Waals surface area contributed by atoms with Gasteiger partial charge in [0.25, 0.3) is 5.56 Å². The Morgan fingerprint density at radius 3 is 2.45 bits per heavy atom. The Hall–Kier alpha value is -2.90. The maximum atomic E-state index is 12.6. The van der Waals surface area contributed by atoms with Crippen molar-refractivity contribution in [1.82, 2.24) is 9.97 Å². The van der Waals surface area contributed by atoms with Gasteiger partial charge in [0.1, 0.15) is 30.6 Å². The van der Waals surface area contributed by atoms with Crippen molar-refractivity contribution in [3.63, 3.8) is 0 Å². The van der Waals surface area contributed by atoms with Crippen molar-refractivity contribution < 1.29 is 65.8 Å². The Labute approximate surface area is 235 Å². The molecule has 0 aliphatic carbocycles. The molecule has 0 spiro atoms. The number of aliphatic hydroxyl groups is 1. The van der Waals surface area contributed by atoms with Gasteiger partial charge in [0.2, 0.25) is 5.95 Å². The molecule has 1 saturated heterocycles.